The van der Waals surface area contributed by atoms with Crippen molar-refractivity contribution in [2.45, 2.75) is 26.2 Å². The molecule has 0 bridgehead atoms. The lowest BCUT2D eigenvalue weighted by Gasteiger charge is -2.21. The lowest BCUT2D eigenvalue weighted by atomic mass is 10.0. The molecule has 1 heterocycles. The molecular weight excluding hydrogens is 473 g/mol. The van der Waals surface area contributed by atoms with Crippen molar-refractivity contribution >= 4 is 55.8 Å². The molecule has 0 atom stereocenters. The number of carbonyl (C=O) groups excluding carboxylic acids is 2. The van der Waals surface area contributed by atoms with E-state index in [1.54, 1.807) is 4.90 Å². The summed E-state index contributed by atoms with van der Waals surface area (Å²) in [5.74, 6) is -0.826. The van der Waals surface area contributed by atoms with Crippen LogP contribution in [-0.4, -0.2) is 23.3 Å². The van der Waals surface area contributed by atoms with Crippen LogP contribution >= 0.6 is 22.9 Å². The van der Waals surface area contributed by atoms with Crippen LogP contribution in [0.1, 0.15) is 42.1 Å². The number of amides is 2. The zero-order chi connectivity index (χ0) is 24.2. The van der Waals surface area contributed by atoms with Gasteiger partial charge in [-0.3, -0.25) is 14.5 Å². The van der Waals surface area contributed by atoms with Gasteiger partial charge in [0, 0.05) is 13.0 Å². The normalized spacial score (nSPS) is 11.1. The molecule has 0 aliphatic carbocycles. The van der Waals surface area contributed by atoms with Crippen molar-refractivity contribution in [1.29, 1.82) is 0 Å². The summed E-state index contributed by atoms with van der Waals surface area (Å²) in [6.07, 6.45) is 0.0480. The Morgan fingerprint density at radius 2 is 1.82 bits per heavy atom. The lowest BCUT2D eigenvalue weighted by Crippen LogP contribution is -2.32. The third-order valence-electron chi connectivity index (χ3n) is 5.34. The molecule has 0 spiro atoms. The molecule has 0 fully saturated rings. The van der Waals surface area contributed by atoms with Gasteiger partial charge in [-0.05, 0) is 53.9 Å². The number of para-hydroxylation sites is 1. The molecule has 0 radical (unpaired) electrons. The molecule has 8 heteroatoms. The summed E-state index contributed by atoms with van der Waals surface area (Å²) in [6.45, 7) is 4.32. The molecule has 3 aromatic carbocycles. The number of nitrogens with zero attached hydrogens (tertiary/aromatic N) is 2. The SMILES string of the molecule is CC(C)c1ccc(N(C(=O)CCNC(=O)c2ccc(F)cc2Cl)c2nc3ccccc3s2)cc1. The Kier molecular flexibility index (Phi) is 7.24. The summed E-state index contributed by atoms with van der Waals surface area (Å²) in [4.78, 5) is 32.0. The van der Waals surface area contributed by atoms with Gasteiger partial charge >= 0.3 is 0 Å². The number of rotatable bonds is 7. The predicted octanol–water partition coefficient (Wildman–Crippen LogP) is 6.70. The van der Waals surface area contributed by atoms with Gasteiger partial charge in [-0.2, -0.15) is 0 Å². The Bertz CT molecular complexity index is 1300. The standard InChI is InChI=1S/C26H23ClFN3O2S/c1-16(2)17-7-10-19(11-8-17)31(26-30-22-5-3-4-6-23(22)34-26)24(32)13-14-29-25(33)20-12-9-18(28)15-21(20)27/h3-12,15-16H,13-14H2,1-2H3,(H,29,33). The van der Waals surface area contributed by atoms with E-state index >= 15 is 0 Å². The number of thiazole rings is 1. The van der Waals surface area contributed by atoms with Gasteiger partial charge in [0.15, 0.2) is 5.13 Å². The smallest absolute Gasteiger partial charge is 0.252 e. The maximum absolute atomic E-state index is 13.3. The third kappa shape index (κ3) is 5.26. The molecule has 0 saturated carbocycles. The summed E-state index contributed by atoms with van der Waals surface area (Å²) < 4.78 is 14.2. The first kappa shape index (κ1) is 23.9. The van der Waals surface area contributed by atoms with E-state index in [9.17, 15) is 14.0 Å². The van der Waals surface area contributed by atoms with Gasteiger partial charge in [-0.15, -0.1) is 0 Å². The molecule has 0 saturated heterocycles. The van der Waals surface area contributed by atoms with Crippen molar-refractivity contribution in [3.63, 3.8) is 0 Å². The van der Waals surface area contributed by atoms with E-state index in [2.05, 4.69) is 24.1 Å². The number of hydrogen-bond acceptors (Lipinski definition) is 4. The molecule has 0 unspecified atom stereocenters. The van der Waals surface area contributed by atoms with Gasteiger partial charge in [0.2, 0.25) is 5.91 Å². The number of nitrogens with one attached hydrogen (secondary N) is 1. The van der Waals surface area contributed by atoms with E-state index in [1.165, 1.54) is 29.0 Å². The summed E-state index contributed by atoms with van der Waals surface area (Å²) in [5.41, 5.74) is 2.85. The van der Waals surface area contributed by atoms with Crippen molar-refractivity contribution in [3.8, 4) is 0 Å². The molecule has 0 aliphatic rings. The number of carbonyl (C=O) groups is 2. The van der Waals surface area contributed by atoms with Crippen LogP contribution in [0.25, 0.3) is 10.2 Å². The summed E-state index contributed by atoms with van der Waals surface area (Å²) in [6, 6.07) is 19.1. The lowest BCUT2D eigenvalue weighted by molar-refractivity contribution is -0.117. The van der Waals surface area contributed by atoms with Crippen LogP contribution in [0.15, 0.2) is 66.7 Å². The zero-order valence-electron chi connectivity index (χ0n) is 18.7. The minimum absolute atomic E-state index is 0.0187. The van der Waals surface area contributed by atoms with E-state index in [1.807, 2.05) is 48.5 Å². The maximum atomic E-state index is 13.3. The first-order valence-corrected chi connectivity index (χ1v) is 12.0. The molecule has 1 N–H and O–H groups in total. The summed E-state index contributed by atoms with van der Waals surface area (Å²) in [5, 5.41) is 3.27. The van der Waals surface area contributed by atoms with Crippen molar-refractivity contribution in [2.75, 3.05) is 11.4 Å². The number of aromatic nitrogens is 1. The van der Waals surface area contributed by atoms with Crippen LogP contribution in [0.3, 0.4) is 0 Å². The van der Waals surface area contributed by atoms with Crippen LogP contribution in [0, 0.1) is 5.82 Å². The Balaban J connectivity index is 1.54. The van der Waals surface area contributed by atoms with E-state index in [4.69, 9.17) is 11.6 Å². The van der Waals surface area contributed by atoms with Gasteiger partial charge in [-0.25, -0.2) is 9.37 Å². The van der Waals surface area contributed by atoms with Crippen LogP contribution in [0.2, 0.25) is 5.02 Å². The predicted molar refractivity (Wildman–Crippen MR) is 136 cm³/mol. The van der Waals surface area contributed by atoms with Crippen LogP contribution in [0.4, 0.5) is 15.2 Å². The Morgan fingerprint density at radius 1 is 1.09 bits per heavy atom. The fourth-order valence-corrected chi connectivity index (χ4v) is 4.75. The summed E-state index contributed by atoms with van der Waals surface area (Å²) >= 11 is 7.40. The minimum Gasteiger partial charge on any atom is -0.351 e. The largest absolute Gasteiger partial charge is 0.351 e. The number of halogens is 2. The molecule has 0 aliphatic heterocycles. The fourth-order valence-electron chi connectivity index (χ4n) is 3.49. The topological polar surface area (TPSA) is 62.3 Å². The van der Waals surface area contributed by atoms with Crippen molar-refractivity contribution in [1.82, 2.24) is 10.3 Å². The van der Waals surface area contributed by atoms with E-state index in [0.717, 1.165) is 16.3 Å². The van der Waals surface area contributed by atoms with Crippen molar-refractivity contribution in [2.24, 2.45) is 0 Å². The Labute approximate surface area is 206 Å². The van der Waals surface area contributed by atoms with Crippen LogP contribution < -0.4 is 10.2 Å². The van der Waals surface area contributed by atoms with Crippen LogP contribution in [-0.2, 0) is 4.79 Å². The van der Waals surface area contributed by atoms with Gasteiger partial charge < -0.3 is 5.32 Å². The van der Waals surface area contributed by atoms with Crippen LogP contribution in [0.5, 0.6) is 0 Å². The average molecular weight is 496 g/mol. The van der Waals surface area contributed by atoms with Gasteiger partial charge in [0.05, 0.1) is 26.5 Å². The fraction of sp³-hybridized carbons (Fsp3) is 0.192. The number of benzene rings is 3. The summed E-state index contributed by atoms with van der Waals surface area (Å²) in [7, 11) is 0. The third-order valence-corrected chi connectivity index (χ3v) is 6.68. The molecular formula is C26H23ClFN3O2S. The van der Waals surface area contributed by atoms with E-state index < -0.39 is 11.7 Å². The van der Waals surface area contributed by atoms with Crippen molar-refractivity contribution < 1.29 is 14.0 Å². The molecule has 5 nitrogen and oxygen atoms in total. The average Bonchev–Trinajstić information content (AvgIpc) is 3.23. The molecule has 34 heavy (non-hydrogen) atoms. The molecule has 4 rings (SSSR count). The first-order valence-electron chi connectivity index (χ1n) is 10.8. The monoisotopic (exact) mass is 495 g/mol. The maximum Gasteiger partial charge on any atom is 0.252 e. The second kappa shape index (κ2) is 10.3. The van der Waals surface area contributed by atoms with Crippen molar-refractivity contribution in [3.05, 3.63) is 88.7 Å². The second-order valence-electron chi connectivity index (χ2n) is 8.07. The van der Waals surface area contributed by atoms with Gasteiger partial charge in [-0.1, -0.05) is 61.1 Å². The minimum atomic E-state index is -0.522. The molecule has 4 aromatic rings. The highest BCUT2D eigenvalue weighted by atomic mass is 35.5. The quantitative estimate of drug-likeness (QED) is 0.310. The number of anilines is 2. The zero-order valence-corrected chi connectivity index (χ0v) is 20.3. The Hall–Kier alpha value is -3.29. The highest BCUT2D eigenvalue weighted by Gasteiger charge is 2.22. The Morgan fingerprint density at radius 3 is 2.50 bits per heavy atom. The highest BCUT2D eigenvalue weighted by molar-refractivity contribution is 7.22. The molecule has 2 amide bonds. The van der Waals surface area contributed by atoms with Gasteiger partial charge in [0.25, 0.3) is 5.91 Å². The van der Waals surface area contributed by atoms with E-state index in [0.29, 0.717) is 16.7 Å². The van der Waals surface area contributed by atoms with E-state index in [-0.39, 0.29) is 29.5 Å². The first-order chi connectivity index (χ1) is 16.3. The molecule has 174 valence electrons. The highest BCUT2D eigenvalue weighted by Crippen LogP contribution is 2.34. The van der Waals surface area contributed by atoms with Gasteiger partial charge in [0.1, 0.15) is 5.82 Å². The molecule has 1 aromatic heterocycles. The number of hydrogen-bond donors (Lipinski definition) is 1. The second-order valence-corrected chi connectivity index (χ2v) is 9.49. The number of fused-ring (bicyclic) bond motifs is 1.